The molecule has 0 aromatic carbocycles. The second kappa shape index (κ2) is 3.85. The molecule has 64 valence electrons. The highest BCUT2D eigenvalue weighted by atomic mass is 19.1. The van der Waals surface area contributed by atoms with Crippen LogP contribution in [0.3, 0.4) is 0 Å². The van der Waals surface area contributed by atoms with Crippen LogP contribution in [0.4, 0.5) is 4.39 Å². The smallest absolute Gasteiger partial charge is 0.148 e. The maximum Gasteiger partial charge on any atom is 0.148 e. The van der Waals surface area contributed by atoms with Crippen LogP contribution < -0.4 is 0 Å². The maximum atomic E-state index is 12.8. The van der Waals surface area contributed by atoms with Crippen LogP contribution in [0.15, 0.2) is 30.6 Å². The second-order valence-corrected chi connectivity index (χ2v) is 2.02. The van der Waals surface area contributed by atoms with Gasteiger partial charge in [-0.1, -0.05) is 13.8 Å². The van der Waals surface area contributed by atoms with Gasteiger partial charge in [0.25, 0.3) is 0 Å². The van der Waals surface area contributed by atoms with E-state index < -0.39 is 0 Å². The fraction of sp³-hybridized carbons (Fsp3) is 0.222. The summed E-state index contributed by atoms with van der Waals surface area (Å²) >= 11 is 0. The van der Waals surface area contributed by atoms with Crippen LogP contribution in [-0.4, -0.2) is 9.61 Å². The van der Waals surface area contributed by atoms with Gasteiger partial charge in [-0.3, -0.25) is 0 Å². The quantitative estimate of drug-likeness (QED) is 0.587. The average Bonchev–Trinajstić information content (AvgIpc) is 2.57. The lowest BCUT2D eigenvalue weighted by Crippen LogP contribution is -1.86. The van der Waals surface area contributed by atoms with Gasteiger partial charge in [0.2, 0.25) is 0 Å². The zero-order valence-electron chi connectivity index (χ0n) is 7.16. The molecule has 2 heterocycles. The van der Waals surface area contributed by atoms with Gasteiger partial charge >= 0.3 is 0 Å². The Balaban J connectivity index is 0.000000336. The number of nitrogens with zero attached hydrogens (tertiary/aromatic N) is 2. The van der Waals surface area contributed by atoms with Crippen LogP contribution in [0.5, 0.6) is 0 Å². The summed E-state index contributed by atoms with van der Waals surface area (Å²) in [4.78, 5) is 0. The van der Waals surface area contributed by atoms with E-state index in [0.29, 0.717) is 5.52 Å². The number of fused-ring (bicyclic) bond motifs is 1. The van der Waals surface area contributed by atoms with Gasteiger partial charge in [-0.2, -0.15) is 5.10 Å². The molecular formula is C9H11FN2. The Morgan fingerprint density at radius 2 is 2.08 bits per heavy atom. The van der Waals surface area contributed by atoms with E-state index >= 15 is 0 Å². The van der Waals surface area contributed by atoms with Crippen molar-refractivity contribution in [2.45, 2.75) is 13.8 Å². The molecule has 0 unspecified atom stereocenters. The van der Waals surface area contributed by atoms with E-state index in [1.165, 1.54) is 10.6 Å². The largest absolute Gasteiger partial charge is 0.238 e. The van der Waals surface area contributed by atoms with Crippen molar-refractivity contribution >= 4 is 5.52 Å². The molecule has 0 fully saturated rings. The minimum absolute atomic E-state index is 0.236. The molecule has 0 amide bonds. The van der Waals surface area contributed by atoms with Crippen LogP contribution in [0.1, 0.15) is 13.8 Å². The molecule has 2 rings (SSSR count). The van der Waals surface area contributed by atoms with Crippen LogP contribution in [0, 0.1) is 5.82 Å². The van der Waals surface area contributed by atoms with Gasteiger partial charge in [-0.25, -0.2) is 8.91 Å². The summed E-state index contributed by atoms with van der Waals surface area (Å²) in [5.74, 6) is -0.236. The van der Waals surface area contributed by atoms with Crippen molar-refractivity contribution in [2.24, 2.45) is 0 Å². The first-order chi connectivity index (χ1) is 5.88. The van der Waals surface area contributed by atoms with Crippen molar-refractivity contribution in [3.63, 3.8) is 0 Å². The summed E-state index contributed by atoms with van der Waals surface area (Å²) in [5, 5.41) is 3.86. The zero-order chi connectivity index (χ0) is 8.97. The number of pyridine rings is 1. The highest BCUT2D eigenvalue weighted by molar-refractivity contribution is 5.46. The Morgan fingerprint density at radius 3 is 2.75 bits per heavy atom. The molecule has 0 aliphatic rings. The molecule has 2 aromatic rings. The summed E-state index contributed by atoms with van der Waals surface area (Å²) < 4.78 is 14.3. The number of hydrogen-bond acceptors (Lipinski definition) is 1. The molecule has 0 radical (unpaired) electrons. The number of hydrogen-bond donors (Lipinski definition) is 0. The van der Waals surface area contributed by atoms with E-state index in [0.717, 1.165) is 0 Å². The first-order valence-electron chi connectivity index (χ1n) is 3.96. The molecule has 0 aliphatic heterocycles. The first-order valence-corrected chi connectivity index (χ1v) is 3.96. The number of halogens is 1. The van der Waals surface area contributed by atoms with Crippen LogP contribution in [0.25, 0.3) is 5.52 Å². The molecule has 0 bridgehead atoms. The van der Waals surface area contributed by atoms with Gasteiger partial charge in [0.1, 0.15) is 11.3 Å². The molecule has 2 nitrogen and oxygen atoms in total. The van der Waals surface area contributed by atoms with Crippen molar-refractivity contribution in [1.29, 1.82) is 0 Å². The molecule has 0 spiro atoms. The third kappa shape index (κ3) is 1.44. The Morgan fingerprint density at radius 1 is 1.33 bits per heavy atom. The Hall–Kier alpha value is -1.38. The zero-order valence-corrected chi connectivity index (χ0v) is 7.16. The van der Waals surface area contributed by atoms with Gasteiger partial charge in [-0.05, 0) is 18.2 Å². The Bertz CT molecular complexity index is 354. The minimum Gasteiger partial charge on any atom is -0.238 e. The van der Waals surface area contributed by atoms with Crippen LogP contribution in [0.2, 0.25) is 0 Å². The summed E-state index contributed by atoms with van der Waals surface area (Å²) in [5.41, 5.74) is 0.516. The SMILES string of the molecule is CC.Fc1cccn2nccc12. The topological polar surface area (TPSA) is 17.3 Å². The molecule has 0 N–H and O–H groups in total. The van der Waals surface area contributed by atoms with Crippen molar-refractivity contribution in [3.05, 3.63) is 36.4 Å². The Labute approximate surface area is 70.6 Å². The van der Waals surface area contributed by atoms with Gasteiger partial charge in [-0.15, -0.1) is 0 Å². The molecule has 0 aliphatic carbocycles. The van der Waals surface area contributed by atoms with Gasteiger partial charge in [0.15, 0.2) is 0 Å². The second-order valence-electron chi connectivity index (χ2n) is 2.02. The van der Waals surface area contributed by atoms with Crippen LogP contribution >= 0.6 is 0 Å². The van der Waals surface area contributed by atoms with E-state index in [1.807, 2.05) is 13.8 Å². The molecule has 2 aromatic heterocycles. The van der Waals surface area contributed by atoms with Crippen molar-refractivity contribution in [2.75, 3.05) is 0 Å². The van der Waals surface area contributed by atoms with E-state index in [-0.39, 0.29) is 5.82 Å². The lowest BCUT2D eigenvalue weighted by Gasteiger charge is -1.90. The van der Waals surface area contributed by atoms with Gasteiger partial charge < -0.3 is 0 Å². The lowest BCUT2D eigenvalue weighted by atomic mass is 10.4. The van der Waals surface area contributed by atoms with Crippen LogP contribution in [-0.2, 0) is 0 Å². The summed E-state index contributed by atoms with van der Waals surface area (Å²) in [7, 11) is 0. The predicted molar refractivity (Wildman–Crippen MR) is 46.5 cm³/mol. The number of rotatable bonds is 0. The molecular weight excluding hydrogens is 155 g/mol. The third-order valence-electron chi connectivity index (χ3n) is 1.38. The maximum absolute atomic E-state index is 12.8. The predicted octanol–water partition coefficient (Wildman–Crippen LogP) is 2.50. The normalized spacial score (nSPS) is 9.25. The molecule has 3 heteroatoms. The fourth-order valence-corrected chi connectivity index (χ4v) is 0.917. The third-order valence-corrected chi connectivity index (χ3v) is 1.38. The highest BCUT2D eigenvalue weighted by Gasteiger charge is 1.96. The Kier molecular flexibility index (Phi) is 2.80. The standard InChI is InChI=1S/C7H5FN2.C2H6/c8-6-2-1-5-10-7(6)3-4-9-10;1-2/h1-5H;1-2H3. The number of aromatic nitrogens is 2. The summed E-state index contributed by atoms with van der Waals surface area (Å²) in [6.45, 7) is 4.00. The van der Waals surface area contributed by atoms with E-state index in [4.69, 9.17) is 0 Å². The molecule has 0 saturated carbocycles. The lowest BCUT2D eigenvalue weighted by molar-refractivity contribution is 0.630. The summed E-state index contributed by atoms with van der Waals surface area (Å²) in [6.07, 6.45) is 3.27. The van der Waals surface area contributed by atoms with E-state index in [9.17, 15) is 4.39 Å². The van der Waals surface area contributed by atoms with Crippen molar-refractivity contribution < 1.29 is 4.39 Å². The monoisotopic (exact) mass is 166 g/mol. The van der Waals surface area contributed by atoms with Gasteiger partial charge in [0, 0.05) is 6.20 Å². The van der Waals surface area contributed by atoms with Crippen molar-refractivity contribution in [1.82, 2.24) is 9.61 Å². The average molecular weight is 166 g/mol. The van der Waals surface area contributed by atoms with Gasteiger partial charge in [0.05, 0.1) is 6.20 Å². The first kappa shape index (κ1) is 8.71. The van der Waals surface area contributed by atoms with Crippen molar-refractivity contribution in [3.8, 4) is 0 Å². The van der Waals surface area contributed by atoms with E-state index in [1.54, 1.807) is 24.5 Å². The fourth-order valence-electron chi connectivity index (χ4n) is 0.917. The molecule has 0 atom stereocenters. The minimum atomic E-state index is -0.236. The molecule has 12 heavy (non-hydrogen) atoms. The summed E-state index contributed by atoms with van der Waals surface area (Å²) in [6, 6.07) is 4.67. The molecule has 0 saturated heterocycles. The van der Waals surface area contributed by atoms with E-state index in [2.05, 4.69) is 5.10 Å². The highest BCUT2D eigenvalue weighted by Crippen LogP contribution is 2.05.